The lowest BCUT2D eigenvalue weighted by molar-refractivity contribution is -0.153. The molecule has 25 heavy (non-hydrogen) atoms. The van der Waals surface area contributed by atoms with Gasteiger partial charge in [0.25, 0.3) is 5.91 Å². The molecule has 2 N–H and O–H groups in total. The molecule has 0 saturated carbocycles. The Kier molecular flexibility index (Phi) is 4.66. The van der Waals surface area contributed by atoms with Crippen LogP contribution < -0.4 is 0 Å². The van der Waals surface area contributed by atoms with Gasteiger partial charge in [0.1, 0.15) is 6.10 Å². The quantitative estimate of drug-likeness (QED) is 0.749. The minimum Gasteiger partial charge on any atom is -0.375 e. The Hall–Kier alpha value is -1.47. The molecule has 0 bridgehead atoms. The van der Waals surface area contributed by atoms with E-state index in [4.69, 9.17) is 19.7 Å². The molecule has 3 rings (SSSR count). The summed E-state index contributed by atoms with van der Waals surface area (Å²) in [6.07, 6.45) is 2.82. The maximum Gasteiger partial charge on any atom is 0.254 e. The maximum absolute atomic E-state index is 12.3. The van der Waals surface area contributed by atoms with Gasteiger partial charge in [-0.1, -0.05) is 13.8 Å². The minimum atomic E-state index is -1.51. The van der Waals surface area contributed by atoms with E-state index in [1.807, 2.05) is 20.0 Å². The van der Waals surface area contributed by atoms with Crippen LogP contribution in [0.3, 0.4) is 0 Å². The Bertz CT molecular complexity index is 677. The first-order valence-corrected chi connectivity index (χ1v) is 8.63. The van der Waals surface area contributed by atoms with Gasteiger partial charge in [-0.2, -0.15) is 0 Å². The molecule has 0 unspecified atom stereocenters. The number of allylic oxidation sites excluding steroid dienone is 3. The molecule has 138 valence electrons. The van der Waals surface area contributed by atoms with E-state index in [-0.39, 0.29) is 36.1 Å². The molecule has 0 spiro atoms. The molecule has 0 fully saturated rings. The smallest absolute Gasteiger partial charge is 0.254 e. The number of fused-ring (bicyclic) bond motifs is 2. The number of amides is 1. The largest absolute Gasteiger partial charge is 0.375 e. The molecule has 2 aliphatic carbocycles. The summed E-state index contributed by atoms with van der Waals surface area (Å²) in [5, 5.41) is 18.3. The molecule has 0 radical (unpaired) electrons. The molecule has 0 aromatic heterocycles. The van der Waals surface area contributed by atoms with Crippen molar-refractivity contribution in [2.45, 2.75) is 45.7 Å². The van der Waals surface area contributed by atoms with Crippen molar-refractivity contribution < 1.29 is 24.5 Å². The van der Waals surface area contributed by atoms with E-state index < -0.39 is 6.29 Å². The van der Waals surface area contributed by atoms with E-state index in [0.29, 0.717) is 0 Å². The zero-order valence-corrected chi connectivity index (χ0v) is 15.4. The number of methoxy groups -OCH3 is 1. The summed E-state index contributed by atoms with van der Waals surface area (Å²) in [5.41, 5.74) is 3.81. The second kappa shape index (κ2) is 6.36. The predicted octanol–water partition coefficient (Wildman–Crippen LogP) is 1.36. The van der Waals surface area contributed by atoms with Crippen molar-refractivity contribution in [2.24, 2.45) is 11.3 Å². The predicted molar refractivity (Wildman–Crippen MR) is 92.3 cm³/mol. The number of aliphatic hydroxyl groups excluding tert-OH is 1. The second-order valence-electron chi connectivity index (χ2n) is 7.48. The van der Waals surface area contributed by atoms with Crippen molar-refractivity contribution in [2.75, 3.05) is 20.8 Å². The van der Waals surface area contributed by atoms with Crippen LogP contribution in [-0.2, 0) is 14.3 Å². The van der Waals surface area contributed by atoms with Gasteiger partial charge in [0, 0.05) is 30.8 Å². The first kappa shape index (κ1) is 18.3. The van der Waals surface area contributed by atoms with Gasteiger partial charge in [-0.25, -0.2) is 0 Å². The van der Waals surface area contributed by atoms with Crippen molar-refractivity contribution in [3.8, 4) is 0 Å². The molecule has 1 aliphatic heterocycles. The van der Waals surface area contributed by atoms with Crippen LogP contribution in [0.15, 0.2) is 34.6 Å². The number of likely N-dealkylation sites (N-methyl/N-ethyl adjacent to an activating group) is 1. The average molecular weight is 349 g/mol. The SMILES string of the molecule is CO[C@@H]1C=C2C=C3C(=C(C)C(=O)N3C)C[C@]2(C)[C@@H](C)[C@H]1OCC(O)O. The van der Waals surface area contributed by atoms with Gasteiger partial charge in [0.15, 0.2) is 6.29 Å². The van der Waals surface area contributed by atoms with Crippen molar-refractivity contribution in [1.82, 2.24) is 4.90 Å². The van der Waals surface area contributed by atoms with E-state index >= 15 is 0 Å². The zero-order valence-electron chi connectivity index (χ0n) is 15.4. The second-order valence-corrected chi connectivity index (χ2v) is 7.48. The molecule has 4 atom stereocenters. The summed E-state index contributed by atoms with van der Waals surface area (Å²) in [5.74, 6) is 0.131. The van der Waals surface area contributed by atoms with Crippen LogP contribution in [0.5, 0.6) is 0 Å². The van der Waals surface area contributed by atoms with Crippen LogP contribution in [0.2, 0.25) is 0 Å². The van der Waals surface area contributed by atoms with Gasteiger partial charge in [-0.3, -0.25) is 4.79 Å². The first-order chi connectivity index (χ1) is 11.7. The van der Waals surface area contributed by atoms with Crippen LogP contribution in [0.25, 0.3) is 0 Å². The minimum absolute atomic E-state index is 0.0521. The maximum atomic E-state index is 12.3. The van der Waals surface area contributed by atoms with Crippen molar-refractivity contribution in [1.29, 1.82) is 0 Å². The standard InChI is InChI=1S/C19H27NO5/c1-10-13-8-19(3)11(2)17(25-9-16(21)22)15(24-5)7-12(19)6-14(13)20(4)18(10)23/h6-7,11,15-17,21-22H,8-9H2,1-5H3/t11-,15+,17+,19+/m0/s1. The van der Waals surface area contributed by atoms with Gasteiger partial charge < -0.3 is 24.6 Å². The number of carbonyl (C=O) groups is 1. The zero-order chi connectivity index (χ0) is 18.5. The fraction of sp³-hybridized carbons (Fsp3) is 0.632. The molecular weight excluding hydrogens is 322 g/mol. The third-order valence-electron chi connectivity index (χ3n) is 6.12. The number of hydrogen-bond donors (Lipinski definition) is 2. The lowest BCUT2D eigenvalue weighted by Gasteiger charge is -2.49. The first-order valence-electron chi connectivity index (χ1n) is 8.63. The van der Waals surface area contributed by atoms with Crippen molar-refractivity contribution in [3.05, 3.63) is 34.6 Å². The molecule has 3 aliphatic rings. The van der Waals surface area contributed by atoms with Gasteiger partial charge in [-0.05, 0) is 42.6 Å². The Morgan fingerprint density at radius 1 is 1.44 bits per heavy atom. The lowest BCUT2D eigenvalue weighted by atomic mass is 9.59. The van der Waals surface area contributed by atoms with Crippen molar-refractivity contribution in [3.63, 3.8) is 0 Å². The molecule has 0 aromatic rings. The molecule has 0 aromatic carbocycles. The van der Waals surface area contributed by atoms with Crippen LogP contribution in [0.4, 0.5) is 0 Å². The Labute approximate surface area is 148 Å². The van der Waals surface area contributed by atoms with Gasteiger partial charge in [0.05, 0.1) is 12.7 Å². The molecule has 6 heteroatoms. The van der Waals surface area contributed by atoms with Gasteiger partial charge in [0.2, 0.25) is 0 Å². The Morgan fingerprint density at radius 3 is 2.72 bits per heavy atom. The summed E-state index contributed by atoms with van der Waals surface area (Å²) >= 11 is 0. The number of hydrogen-bond acceptors (Lipinski definition) is 5. The van der Waals surface area contributed by atoms with E-state index in [9.17, 15) is 4.79 Å². The molecule has 0 saturated heterocycles. The van der Waals surface area contributed by atoms with Crippen molar-refractivity contribution >= 4 is 5.91 Å². The molecule has 1 heterocycles. The molecule has 1 amide bonds. The highest BCUT2D eigenvalue weighted by Crippen LogP contribution is 2.54. The number of rotatable bonds is 4. The molecule has 6 nitrogen and oxygen atoms in total. The van der Waals surface area contributed by atoms with E-state index in [1.54, 1.807) is 12.0 Å². The van der Waals surface area contributed by atoms with Crippen LogP contribution in [-0.4, -0.2) is 60.3 Å². The van der Waals surface area contributed by atoms with Gasteiger partial charge in [-0.15, -0.1) is 0 Å². The normalized spacial score (nSPS) is 35.0. The highest BCUT2D eigenvalue weighted by molar-refractivity contribution is 6.00. The summed E-state index contributed by atoms with van der Waals surface area (Å²) < 4.78 is 11.4. The molecular formula is C19H27NO5. The van der Waals surface area contributed by atoms with Crippen LogP contribution >= 0.6 is 0 Å². The Morgan fingerprint density at radius 2 is 2.12 bits per heavy atom. The fourth-order valence-corrected chi connectivity index (χ4v) is 4.29. The van der Waals surface area contributed by atoms with Crippen LogP contribution in [0, 0.1) is 11.3 Å². The third kappa shape index (κ3) is 2.77. The van der Waals surface area contributed by atoms with Crippen LogP contribution in [0.1, 0.15) is 27.2 Å². The third-order valence-corrected chi connectivity index (χ3v) is 6.12. The highest BCUT2D eigenvalue weighted by atomic mass is 16.6. The monoisotopic (exact) mass is 349 g/mol. The number of nitrogens with zero attached hydrogens (tertiary/aromatic N) is 1. The van der Waals surface area contributed by atoms with Gasteiger partial charge >= 0.3 is 0 Å². The summed E-state index contributed by atoms with van der Waals surface area (Å²) in [6.45, 7) is 6.01. The topological polar surface area (TPSA) is 79.2 Å². The van der Waals surface area contributed by atoms with E-state index in [2.05, 4.69) is 19.9 Å². The van der Waals surface area contributed by atoms with E-state index in [0.717, 1.165) is 28.8 Å². The highest BCUT2D eigenvalue weighted by Gasteiger charge is 2.50. The number of aliphatic hydroxyl groups is 2. The Balaban J connectivity index is 2.03. The summed E-state index contributed by atoms with van der Waals surface area (Å²) in [4.78, 5) is 14.0. The number of ether oxygens (including phenoxy) is 2. The summed E-state index contributed by atoms with van der Waals surface area (Å²) in [6, 6.07) is 0. The lowest BCUT2D eigenvalue weighted by Crippen LogP contribution is -2.49. The summed E-state index contributed by atoms with van der Waals surface area (Å²) in [7, 11) is 3.43. The van der Waals surface area contributed by atoms with E-state index in [1.165, 1.54) is 0 Å². The average Bonchev–Trinajstić information content (AvgIpc) is 2.77. The fourth-order valence-electron chi connectivity index (χ4n) is 4.29. The number of carbonyl (C=O) groups excluding carboxylic acids is 1.